The van der Waals surface area contributed by atoms with Crippen molar-refractivity contribution in [3.63, 3.8) is 0 Å². The van der Waals surface area contributed by atoms with Gasteiger partial charge in [0.1, 0.15) is 5.82 Å². The number of carbonyl (C=O) groups excluding carboxylic acids is 1. The van der Waals surface area contributed by atoms with E-state index in [-0.39, 0.29) is 11.7 Å². The van der Waals surface area contributed by atoms with Crippen molar-refractivity contribution in [1.29, 1.82) is 0 Å². The third-order valence-corrected chi connectivity index (χ3v) is 3.30. The highest BCUT2D eigenvalue weighted by Gasteiger charge is 2.19. The molecule has 4 nitrogen and oxygen atoms in total. The second kappa shape index (κ2) is 4.42. The van der Waals surface area contributed by atoms with Gasteiger partial charge in [0.15, 0.2) is 0 Å². The van der Waals surface area contributed by atoms with E-state index in [1.807, 2.05) is 6.07 Å². The summed E-state index contributed by atoms with van der Waals surface area (Å²) in [6.07, 6.45) is 1.78. The van der Waals surface area contributed by atoms with Crippen LogP contribution < -0.4 is 5.32 Å². The smallest absolute Gasteiger partial charge is 0.236 e. The molecule has 1 aliphatic rings. The first-order valence-corrected chi connectivity index (χ1v) is 5.98. The first-order valence-electron chi connectivity index (χ1n) is 5.98. The molecule has 1 saturated heterocycles. The highest BCUT2D eigenvalue weighted by molar-refractivity contribution is 5.85. The molecule has 2 aromatic rings. The van der Waals surface area contributed by atoms with Crippen molar-refractivity contribution in [2.45, 2.75) is 6.54 Å². The number of piperazine rings is 1. The molecular weight excluding hydrogens is 233 g/mol. The summed E-state index contributed by atoms with van der Waals surface area (Å²) >= 11 is 0. The Morgan fingerprint density at radius 3 is 3.11 bits per heavy atom. The number of hydrogen-bond acceptors (Lipinski definition) is 2. The van der Waals surface area contributed by atoms with Gasteiger partial charge >= 0.3 is 0 Å². The topological polar surface area (TPSA) is 48.1 Å². The fourth-order valence-corrected chi connectivity index (χ4v) is 2.32. The fourth-order valence-electron chi connectivity index (χ4n) is 2.32. The van der Waals surface area contributed by atoms with Crippen LogP contribution in [0.3, 0.4) is 0 Å². The number of aromatic nitrogens is 1. The van der Waals surface area contributed by atoms with E-state index in [4.69, 9.17) is 0 Å². The van der Waals surface area contributed by atoms with Crippen molar-refractivity contribution in [2.24, 2.45) is 0 Å². The number of nitrogens with one attached hydrogen (secondary N) is 2. The van der Waals surface area contributed by atoms with Crippen LogP contribution >= 0.6 is 0 Å². The molecule has 0 bridgehead atoms. The van der Waals surface area contributed by atoms with Crippen molar-refractivity contribution >= 4 is 16.8 Å². The molecule has 1 fully saturated rings. The van der Waals surface area contributed by atoms with Gasteiger partial charge in [-0.2, -0.15) is 0 Å². The standard InChI is InChI=1S/C13H14FN3O/c14-11-3-1-2-10-9(6-16-13(10)11)8-17-5-4-15-7-12(17)18/h1-3,6,15-16H,4-5,7-8H2. The molecule has 2 N–H and O–H groups in total. The molecule has 3 rings (SSSR count). The van der Waals surface area contributed by atoms with E-state index in [1.165, 1.54) is 6.07 Å². The zero-order valence-corrected chi connectivity index (χ0v) is 9.87. The molecule has 1 amide bonds. The van der Waals surface area contributed by atoms with E-state index in [9.17, 15) is 9.18 Å². The van der Waals surface area contributed by atoms with Crippen LogP contribution in [0.1, 0.15) is 5.56 Å². The Morgan fingerprint density at radius 2 is 2.28 bits per heavy atom. The molecule has 18 heavy (non-hydrogen) atoms. The number of benzene rings is 1. The molecule has 1 aliphatic heterocycles. The number of rotatable bonds is 2. The van der Waals surface area contributed by atoms with Crippen molar-refractivity contribution in [2.75, 3.05) is 19.6 Å². The van der Waals surface area contributed by atoms with Crippen LogP contribution in [0.4, 0.5) is 4.39 Å². The quantitative estimate of drug-likeness (QED) is 0.838. The summed E-state index contributed by atoms with van der Waals surface area (Å²) in [4.78, 5) is 16.4. The zero-order valence-electron chi connectivity index (χ0n) is 9.87. The second-order valence-corrected chi connectivity index (χ2v) is 4.47. The van der Waals surface area contributed by atoms with Crippen molar-refractivity contribution in [3.05, 3.63) is 35.8 Å². The van der Waals surface area contributed by atoms with Crippen molar-refractivity contribution < 1.29 is 9.18 Å². The number of carbonyl (C=O) groups is 1. The van der Waals surface area contributed by atoms with E-state index in [0.29, 0.717) is 25.2 Å². The Hall–Kier alpha value is -1.88. The van der Waals surface area contributed by atoms with Gasteiger partial charge < -0.3 is 15.2 Å². The molecule has 0 spiro atoms. The lowest BCUT2D eigenvalue weighted by molar-refractivity contribution is -0.132. The highest BCUT2D eigenvalue weighted by Crippen LogP contribution is 2.22. The predicted octanol–water partition coefficient (Wildman–Crippen LogP) is 1.24. The van der Waals surface area contributed by atoms with E-state index in [2.05, 4.69) is 10.3 Å². The largest absolute Gasteiger partial charge is 0.358 e. The molecule has 0 atom stereocenters. The van der Waals surface area contributed by atoms with Crippen LogP contribution in [0.5, 0.6) is 0 Å². The molecule has 0 unspecified atom stereocenters. The predicted molar refractivity (Wildman–Crippen MR) is 66.5 cm³/mol. The normalized spacial score (nSPS) is 16.5. The minimum atomic E-state index is -0.259. The number of amides is 1. The van der Waals surface area contributed by atoms with Gasteiger partial charge in [-0.3, -0.25) is 4.79 Å². The molecule has 1 aromatic heterocycles. The maximum absolute atomic E-state index is 13.5. The lowest BCUT2D eigenvalue weighted by Crippen LogP contribution is -2.47. The minimum Gasteiger partial charge on any atom is -0.358 e. The van der Waals surface area contributed by atoms with Crippen LogP contribution in [0.25, 0.3) is 10.9 Å². The SMILES string of the molecule is O=C1CNCCN1Cc1c[nH]c2c(F)cccc12. The van der Waals surface area contributed by atoms with Gasteiger partial charge in [-0.25, -0.2) is 4.39 Å². The second-order valence-electron chi connectivity index (χ2n) is 4.47. The average molecular weight is 247 g/mol. The average Bonchev–Trinajstić information content (AvgIpc) is 2.77. The molecule has 1 aromatic carbocycles. The molecule has 0 aliphatic carbocycles. The molecule has 2 heterocycles. The van der Waals surface area contributed by atoms with Gasteiger partial charge in [0.2, 0.25) is 5.91 Å². The maximum Gasteiger partial charge on any atom is 0.236 e. The summed E-state index contributed by atoms with van der Waals surface area (Å²) in [5, 5.41) is 3.88. The number of halogens is 1. The van der Waals surface area contributed by atoms with E-state index in [1.54, 1.807) is 17.2 Å². The Bertz CT molecular complexity index is 593. The molecule has 0 saturated carbocycles. The van der Waals surface area contributed by atoms with Crippen LogP contribution in [0.15, 0.2) is 24.4 Å². The first kappa shape index (κ1) is 11.2. The van der Waals surface area contributed by atoms with Gasteiger partial charge in [0.05, 0.1) is 12.1 Å². The van der Waals surface area contributed by atoms with Crippen LogP contribution in [-0.4, -0.2) is 35.4 Å². The third-order valence-electron chi connectivity index (χ3n) is 3.30. The lowest BCUT2D eigenvalue weighted by atomic mass is 10.1. The van der Waals surface area contributed by atoms with Crippen LogP contribution in [0, 0.1) is 5.82 Å². The Balaban J connectivity index is 1.91. The van der Waals surface area contributed by atoms with Gasteiger partial charge in [-0.05, 0) is 11.6 Å². The summed E-state index contributed by atoms with van der Waals surface area (Å²) in [5.41, 5.74) is 1.47. The first-order chi connectivity index (χ1) is 8.75. The summed E-state index contributed by atoms with van der Waals surface area (Å²) in [5.74, 6) is -0.169. The minimum absolute atomic E-state index is 0.0898. The number of hydrogen-bond donors (Lipinski definition) is 2. The zero-order chi connectivity index (χ0) is 12.5. The maximum atomic E-state index is 13.5. The summed E-state index contributed by atoms with van der Waals surface area (Å²) in [7, 11) is 0. The molecular formula is C13H14FN3O. The molecule has 0 radical (unpaired) electrons. The Morgan fingerprint density at radius 1 is 1.39 bits per heavy atom. The molecule has 94 valence electrons. The number of para-hydroxylation sites is 1. The van der Waals surface area contributed by atoms with Gasteiger partial charge in [-0.15, -0.1) is 0 Å². The number of aromatic amines is 1. The van der Waals surface area contributed by atoms with Crippen molar-refractivity contribution in [1.82, 2.24) is 15.2 Å². The van der Waals surface area contributed by atoms with E-state index >= 15 is 0 Å². The lowest BCUT2D eigenvalue weighted by Gasteiger charge is -2.27. The number of H-pyrrole nitrogens is 1. The summed E-state index contributed by atoms with van der Waals surface area (Å²) in [6.45, 7) is 2.42. The Labute approximate surface area is 104 Å². The van der Waals surface area contributed by atoms with Gasteiger partial charge in [0.25, 0.3) is 0 Å². The van der Waals surface area contributed by atoms with E-state index in [0.717, 1.165) is 17.5 Å². The van der Waals surface area contributed by atoms with E-state index < -0.39 is 0 Å². The highest BCUT2D eigenvalue weighted by atomic mass is 19.1. The molecule has 5 heteroatoms. The third kappa shape index (κ3) is 1.86. The fraction of sp³-hybridized carbons (Fsp3) is 0.308. The van der Waals surface area contributed by atoms with Gasteiger partial charge in [-0.1, -0.05) is 12.1 Å². The summed E-state index contributed by atoms with van der Waals surface area (Å²) in [6, 6.07) is 4.99. The monoisotopic (exact) mass is 247 g/mol. The van der Waals surface area contributed by atoms with Crippen LogP contribution in [0.2, 0.25) is 0 Å². The number of fused-ring (bicyclic) bond motifs is 1. The summed E-state index contributed by atoms with van der Waals surface area (Å²) < 4.78 is 13.5. The number of nitrogens with zero attached hydrogens (tertiary/aromatic N) is 1. The van der Waals surface area contributed by atoms with Crippen LogP contribution in [-0.2, 0) is 11.3 Å². The Kier molecular flexibility index (Phi) is 2.76. The van der Waals surface area contributed by atoms with Crippen molar-refractivity contribution in [3.8, 4) is 0 Å². The van der Waals surface area contributed by atoms with Gasteiger partial charge in [0, 0.05) is 31.2 Å².